The molecule has 0 saturated heterocycles. The number of nitrogens with two attached hydrogens (primary N) is 1. The lowest BCUT2D eigenvalue weighted by molar-refractivity contribution is 0.572. The Bertz CT molecular complexity index is 325. The van der Waals surface area contributed by atoms with E-state index in [1.54, 1.807) is 11.3 Å². The van der Waals surface area contributed by atoms with Crippen LogP contribution >= 0.6 is 23.1 Å². The van der Waals surface area contributed by atoms with Gasteiger partial charge in [0.25, 0.3) is 0 Å². The van der Waals surface area contributed by atoms with Crippen molar-refractivity contribution in [2.75, 3.05) is 0 Å². The average molecular weight is 229 g/mol. The van der Waals surface area contributed by atoms with Crippen LogP contribution in [0, 0.1) is 5.41 Å². The van der Waals surface area contributed by atoms with Crippen LogP contribution in [-0.2, 0) is 11.2 Å². The Hall–Kier alpha value is -0.550. The molecule has 0 saturated carbocycles. The van der Waals surface area contributed by atoms with E-state index in [4.69, 9.17) is 11.1 Å². The van der Waals surface area contributed by atoms with Crippen LogP contribution in [-0.4, -0.2) is 10.2 Å². The zero-order valence-corrected chi connectivity index (χ0v) is 10.3. The SMILES string of the molecule is CC(C)(C)c1csc(CSC(=N)N)n1. The summed E-state index contributed by atoms with van der Waals surface area (Å²) in [7, 11) is 0. The number of rotatable bonds is 2. The van der Waals surface area contributed by atoms with E-state index in [-0.39, 0.29) is 10.6 Å². The number of nitrogens with zero attached hydrogens (tertiary/aromatic N) is 1. The van der Waals surface area contributed by atoms with E-state index in [9.17, 15) is 0 Å². The van der Waals surface area contributed by atoms with Crippen LogP contribution in [0.25, 0.3) is 0 Å². The zero-order chi connectivity index (χ0) is 10.8. The van der Waals surface area contributed by atoms with Gasteiger partial charge in [0, 0.05) is 10.8 Å². The molecule has 1 aromatic heterocycles. The highest BCUT2D eigenvalue weighted by Gasteiger charge is 2.17. The van der Waals surface area contributed by atoms with Crippen molar-refractivity contribution in [3.8, 4) is 0 Å². The van der Waals surface area contributed by atoms with E-state index < -0.39 is 0 Å². The Kier molecular flexibility index (Phi) is 3.55. The molecule has 0 amide bonds. The van der Waals surface area contributed by atoms with Crippen molar-refractivity contribution >= 4 is 28.3 Å². The lowest BCUT2D eigenvalue weighted by Crippen LogP contribution is -2.11. The largest absolute Gasteiger partial charge is 0.379 e. The summed E-state index contributed by atoms with van der Waals surface area (Å²) in [6.07, 6.45) is 0. The molecule has 0 aliphatic rings. The van der Waals surface area contributed by atoms with Gasteiger partial charge in [0.15, 0.2) is 5.17 Å². The molecule has 3 nitrogen and oxygen atoms in total. The van der Waals surface area contributed by atoms with Crippen LogP contribution in [0.3, 0.4) is 0 Å². The third-order valence-corrected chi connectivity index (χ3v) is 3.43. The molecule has 0 aliphatic carbocycles. The van der Waals surface area contributed by atoms with Crippen LogP contribution in [0.15, 0.2) is 5.38 Å². The van der Waals surface area contributed by atoms with Crippen molar-refractivity contribution < 1.29 is 0 Å². The van der Waals surface area contributed by atoms with Crippen LogP contribution in [0.1, 0.15) is 31.5 Å². The van der Waals surface area contributed by atoms with Gasteiger partial charge in [-0.3, -0.25) is 5.41 Å². The van der Waals surface area contributed by atoms with E-state index in [1.807, 2.05) is 0 Å². The van der Waals surface area contributed by atoms with Gasteiger partial charge < -0.3 is 5.73 Å². The Morgan fingerprint density at radius 1 is 1.64 bits per heavy atom. The minimum absolute atomic E-state index is 0.107. The summed E-state index contributed by atoms with van der Waals surface area (Å²) in [5.74, 6) is 0.704. The second-order valence-electron chi connectivity index (χ2n) is 4.03. The van der Waals surface area contributed by atoms with Gasteiger partial charge in [-0.25, -0.2) is 4.98 Å². The summed E-state index contributed by atoms with van der Waals surface area (Å²) >= 11 is 2.95. The molecule has 1 aromatic rings. The second-order valence-corrected chi connectivity index (χ2v) is 5.99. The Labute approximate surface area is 92.6 Å². The van der Waals surface area contributed by atoms with E-state index >= 15 is 0 Å². The van der Waals surface area contributed by atoms with Crippen molar-refractivity contribution in [3.63, 3.8) is 0 Å². The Balaban J connectivity index is 2.64. The predicted octanol–water partition coefficient (Wildman–Crippen LogP) is 2.57. The van der Waals surface area contributed by atoms with Crippen molar-refractivity contribution in [1.82, 2.24) is 4.98 Å². The van der Waals surface area contributed by atoms with Gasteiger partial charge in [0.1, 0.15) is 5.01 Å². The molecule has 5 heteroatoms. The van der Waals surface area contributed by atoms with Crippen LogP contribution in [0.4, 0.5) is 0 Å². The number of nitrogens with one attached hydrogen (secondary N) is 1. The molecule has 1 rings (SSSR count). The molecule has 3 N–H and O–H groups in total. The molecular formula is C9H15N3S2. The highest BCUT2D eigenvalue weighted by atomic mass is 32.2. The van der Waals surface area contributed by atoms with Crippen molar-refractivity contribution in [2.45, 2.75) is 31.9 Å². The highest BCUT2D eigenvalue weighted by Crippen LogP contribution is 2.25. The smallest absolute Gasteiger partial charge is 0.151 e. The highest BCUT2D eigenvalue weighted by molar-refractivity contribution is 8.13. The fraction of sp³-hybridized carbons (Fsp3) is 0.556. The molecule has 0 spiro atoms. The zero-order valence-electron chi connectivity index (χ0n) is 8.63. The molecular weight excluding hydrogens is 214 g/mol. The van der Waals surface area contributed by atoms with Crippen LogP contribution in [0.2, 0.25) is 0 Å². The van der Waals surface area contributed by atoms with E-state index in [0.717, 1.165) is 10.7 Å². The van der Waals surface area contributed by atoms with E-state index in [2.05, 4.69) is 31.1 Å². The maximum atomic E-state index is 7.09. The molecule has 0 aromatic carbocycles. The molecule has 0 atom stereocenters. The van der Waals surface area contributed by atoms with Gasteiger partial charge in [0.05, 0.1) is 11.4 Å². The fourth-order valence-electron chi connectivity index (χ4n) is 0.861. The summed E-state index contributed by atoms with van der Waals surface area (Å²) in [5.41, 5.74) is 6.48. The van der Waals surface area contributed by atoms with E-state index in [1.165, 1.54) is 11.8 Å². The summed E-state index contributed by atoms with van der Waals surface area (Å²) in [6, 6.07) is 0. The Morgan fingerprint density at radius 2 is 2.29 bits per heavy atom. The molecule has 78 valence electrons. The normalized spacial score (nSPS) is 11.6. The van der Waals surface area contributed by atoms with Crippen molar-refractivity contribution in [3.05, 3.63) is 16.1 Å². The van der Waals surface area contributed by atoms with Gasteiger partial charge >= 0.3 is 0 Å². The first-order valence-corrected chi connectivity index (χ1v) is 6.18. The monoisotopic (exact) mass is 229 g/mol. The van der Waals surface area contributed by atoms with Crippen molar-refractivity contribution in [2.24, 2.45) is 5.73 Å². The first-order valence-electron chi connectivity index (χ1n) is 4.31. The van der Waals surface area contributed by atoms with Crippen LogP contribution in [0.5, 0.6) is 0 Å². The fourth-order valence-corrected chi connectivity index (χ4v) is 2.46. The molecule has 0 unspecified atom stereocenters. The van der Waals surface area contributed by atoms with Gasteiger partial charge in [-0.1, -0.05) is 32.5 Å². The second kappa shape index (κ2) is 4.31. The molecule has 0 aliphatic heterocycles. The molecule has 0 fully saturated rings. The number of hydrogen-bond acceptors (Lipinski definition) is 4. The minimum atomic E-state index is 0.107. The summed E-state index contributed by atoms with van der Waals surface area (Å²) in [5, 5.41) is 10.4. The van der Waals surface area contributed by atoms with Gasteiger partial charge in [0.2, 0.25) is 0 Å². The van der Waals surface area contributed by atoms with Crippen molar-refractivity contribution in [1.29, 1.82) is 5.41 Å². The Morgan fingerprint density at radius 3 is 2.71 bits per heavy atom. The maximum absolute atomic E-state index is 7.09. The number of hydrogen-bond donors (Lipinski definition) is 2. The maximum Gasteiger partial charge on any atom is 0.151 e. The molecule has 14 heavy (non-hydrogen) atoms. The predicted molar refractivity (Wildman–Crippen MR) is 64.0 cm³/mol. The quantitative estimate of drug-likeness (QED) is 0.605. The third kappa shape index (κ3) is 3.31. The van der Waals surface area contributed by atoms with Crippen LogP contribution < -0.4 is 5.73 Å². The van der Waals surface area contributed by atoms with Gasteiger partial charge in [-0.2, -0.15) is 0 Å². The number of thioether (sulfide) groups is 1. The van der Waals surface area contributed by atoms with Gasteiger partial charge in [-0.05, 0) is 0 Å². The summed E-state index contributed by atoms with van der Waals surface area (Å²) < 4.78 is 0. The minimum Gasteiger partial charge on any atom is -0.379 e. The number of aromatic nitrogens is 1. The average Bonchev–Trinajstić information content (AvgIpc) is 2.47. The standard InChI is InChI=1S/C9H15N3S2/c1-9(2,3)6-4-13-7(12-6)5-14-8(10)11/h4H,5H2,1-3H3,(H3,10,11). The van der Waals surface area contributed by atoms with E-state index in [0.29, 0.717) is 5.75 Å². The third-order valence-electron chi connectivity index (χ3n) is 1.67. The summed E-state index contributed by atoms with van der Waals surface area (Å²) in [6.45, 7) is 6.43. The lowest BCUT2D eigenvalue weighted by atomic mass is 9.93. The lowest BCUT2D eigenvalue weighted by Gasteiger charge is -2.14. The first-order chi connectivity index (χ1) is 6.39. The topological polar surface area (TPSA) is 62.8 Å². The number of thiazole rings is 1. The number of amidine groups is 1. The summed E-state index contributed by atoms with van der Waals surface area (Å²) in [4.78, 5) is 4.50. The van der Waals surface area contributed by atoms with Gasteiger partial charge in [-0.15, -0.1) is 11.3 Å². The first kappa shape index (κ1) is 11.5. The molecule has 1 heterocycles. The molecule has 0 radical (unpaired) electrons. The molecule has 0 bridgehead atoms.